The predicted molar refractivity (Wildman–Crippen MR) is 122 cm³/mol. The van der Waals surface area contributed by atoms with Crippen molar-refractivity contribution in [1.82, 2.24) is 4.90 Å². The molecule has 0 radical (unpaired) electrons. The molecule has 7 heteroatoms. The molecule has 3 rings (SSSR count). The topological polar surface area (TPSA) is 89.3 Å². The summed E-state index contributed by atoms with van der Waals surface area (Å²) in [6, 6.07) is 16.2. The number of hydrogen-bond acceptors (Lipinski definition) is 5. The summed E-state index contributed by atoms with van der Waals surface area (Å²) >= 11 is 0. The Morgan fingerprint density at radius 2 is 1.80 bits per heavy atom. The van der Waals surface area contributed by atoms with Crippen LogP contribution in [0.3, 0.4) is 0 Å². The summed E-state index contributed by atoms with van der Waals surface area (Å²) in [6.45, 7) is 6.50. The molecule has 2 aromatic rings. The molecular weight excluding hydrogens is 378 g/mol. The predicted octanol–water partition coefficient (Wildman–Crippen LogP) is 2.45. The van der Waals surface area contributed by atoms with Crippen molar-refractivity contribution in [3.8, 4) is 11.5 Å². The van der Waals surface area contributed by atoms with Crippen molar-refractivity contribution in [1.29, 1.82) is 0 Å². The largest absolute Gasteiger partial charge is 0.495 e. The van der Waals surface area contributed by atoms with Crippen LogP contribution in [0, 0.1) is 0 Å². The van der Waals surface area contributed by atoms with Crippen LogP contribution >= 0.6 is 0 Å². The summed E-state index contributed by atoms with van der Waals surface area (Å²) in [7, 11) is 1.73. The molecule has 0 aliphatic carbocycles. The number of hydrogen-bond donors (Lipinski definition) is 2. The Hall–Kier alpha value is -2.93. The van der Waals surface area contributed by atoms with Gasteiger partial charge in [0.25, 0.3) is 0 Å². The second kappa shape index (κ2) is 11.3. The van der Waals surface area contributed by atoms with Crippen molar-refractivity contribution in [3.63, 3.8) is 0 Å². The summed E-state index contributed by atoms with van der Waals surface area (Å²) < 4.78 is 11.4. The van der Waals surface area contributed by atoms with Crippen LogP contribution in [0.1, 0.15) is 18.4 Å². The third-order valence-electron chi connectivity index (χ3n) is 5.28. The van der Waals surface area contributed by atoms with Gasteiger partial charge in [-0.1, -0.05) is 24.3 Å². The third kappa shape index (κ3) is 6.56. The maximum absolute atomic E-state index is 5.89. The van der Waals surface area contributed by atoms with E-state index in [9.17, 15) is 0 Å². The summed E-state index contributed by atoms with van der Waals surface area (Å²) in [4.78, 5) is 8.97. The van der Waals surface area contributed by atoms with E-state index >= 15 is 0 Å². The lowest BCUT2D eigenvalue weighted by molar-refractivity contribution is 0.238. The third-order valence-corrected chi connectivity index (χ3v) is 5.28. The maximum Gasteiger partial charge on any atom is 0.186 e. The Labute approximate surface area is 179 Å². The molecule has 1 aliphatic heterocycles. The Bertz CT molecular complexity index is 815. The van der Waals surface area contributed by atoms with E-state index in [2.05, 4.69) is 26.9 Å². The van der Waals surface area contributed by atoms with Gasteiger partial charge in [0.15, 0.2) is 5.96 Å². The number of rotatable bonds is 10. The summed E-state index contributed by atoms with van der Waals surface area (Å²) in [6.07, 6.45) is 2.16. The van der Waals surface area contributed by atoms with Crippen molar-refractivity contribution in [2.45, 2.75) is 19.4 Å². The molecule has 7 nitrogen and oxygen atoms in total. The smallest absolute Gasteiger partial charge is 0.186 e. The van der Waals surface area contributed by atoms with E-state index in [-0.39, 0.29) is 5.96 Å². The van der Waals surface area contributed by atoms with Crippen LogP contribution in [0.2, 0.25) is 0 Å². The number of para-hydroxylation sites is 2. The van der Waals surface area contributed by atoms with E-state index in [0.29, 0.717) is 13.2 Å². The highest BCUT2D eigenvalue weighted by Crippen LogP contribution is 2.28. The van der Waals surface area contributed by atoms with E-state index < -0.39 is 0 Å². The molecule has 2 aromatic carbocycles. The Morgan fingerprint density at radius 3 is 2.57 bits per heavy atom. The Kier molecular flexibility index (Phi) is 8.20. The lowest BCUT2D eigenvalue weighted by atomic mass is 10.2. The number of benzene rings is 2. The lowest BCUT2D eigenvalue weighted by Gasteiger charge is -2.36. The van der Waals surface area contributed by atoms with Gasteiger partial charge in [-0.3, -0.25) is 4.90 Å². The van der Waals surface area contributed by atoms with Crippen molar-refractivity contribution < 1.29 is 9.47 Å². The van der Waals surface area contributed by atoms with Crippen molar-refractivity contribution in [2.24, 2.45) is 16.5 Å². The van der Waals surface area contributed by atoms with Crippen molar-refractivity contribution >= 4 is 11.6 Å². The minimum absolute atomic E-state index is 0.102. The first-order chi connectivity index (χ1) is 14.7. The standard InChI is InChI=1S/C23H33N5O2/c1-29-22-10-3-2-9-21(22)28-14-12-27(13-15-28)11-4-5-16-30-20-8-6-7-19(17-20)18-26-23(24)25/h2-3,6-10,17H,4-5,11-16,18H2,1H3,(H4,24,25,26). The molecule has 0 unspecified atom stereocenters. The van der Waals surface area contributed by atoms with Crippen LogP contribution in [0.15, 0.2) is 53.5 Å². The molecule has 0 amide bonds. The first kappa shape index (κ1) is 21.8. The minimum Gasteiger partial charge on any atom is -0.495 e. The van der Waals surface area contributed by atoms with E-state index in [1.165, 1.54) is 5.69 Å². The number of nitrogens with zero attached hydrogens (tertiary/aromatic N) is 3. The fraction of sp³-hybridized carbons (Fsp3) is 0.435. The number of piperazine rings is 1. The van der Waals surface area contributed by atoms with Crippen LogP contribution in [0.4, 0.5) is 5.69 Å². The molecule has 4 N–H and O–H groups in total. The first-order valence-corrected chi connectivity index (χ1v) is 10.5. The molecule has 1 saturated heterocycles. The molecule has 30 heavy (non-hydrogen) atoms. The van der Waals surface area contributed by atoms with Gasteiger partial charge < -0.3 is 25.8 Å². The zero-order chi connectivity index (χ0) is 21.2. The number of guanidine groups is 1. The molecular formula is C23H33N5O2. The van der Waals surface area contributed by atoms with E-state index in [1.807, 2.05) is 36.4 Å². The zero-order valence-electron chi connectivity index (χ0n) is 17.8. The van der Waals surface area contributed by atoms with Gasteiger partial charge in [-0.25, -0.2) is 4.99 Å². The minimum atomic E-state index is 0.102. The molecule has 0 saturated carbocycles. The number of ether oxygens (including phenoxy) is 2. The lowest BCUT2D eigenvalue weighted by Crippen LogP contribution is -2.46. The number of aliphatic imine (C=N–C) groups is 1. The van der Waals surface area contributed by atoms with Gasteiger partial charge in [0.1, 0.15) is 11.5 Å². The highest BCUT2D eigenvalue weighted by atomic mass is 16.5. The van der Waals surface area contributed by atoms with Gasteiger partial charge in [-0.2, -0.15) is 0 Å². The van der Waals surface area contributed by atoms with Crippen LogP contribution < -0.4 is 25.8 Å². The van der Waals surface area contributed by atoms with Crippen LogP contribution in [-0.4, -0.2) is 57.3 Å². The van der Waals surface area contributed by atoms with Gasteiger partial charge in [-0.15, -0.1) is 0 Å². The highest BCUT2D eigenvalue weighted by Gasteiger charge is 2.18. The van der Waals surface area contributed by atoms with E-state index in [4.69, 9.17) is 20.9 Å². The number of unbranched alkanes of at least 4 members (excludes halogenated alkanes) is 1. The molecule has 162 valence electrons. The van der Waals surface area contributed by atoms with Gasteiger partial charge in [0.05, 0.1) is 25.9 Å². The summed E-state index contributed by atoms with van der Waals surface area (Å²) in [5, 5.41) is 0. The SMILES string of the molecule is COc1ccccc1N1CCN(CCCCOc2cccc(CN=C(N)N)c2)CC1. The van der Waals surface area contributed by atoms with Gasteiger partial charge >= 0.3 is 0 Å². The van der Waals surface area contributed by atoms with E-state index in [0.717, 1.165) is 62.6 Å². The summed E-state index contributed by atoms with van der Waals surface area (Å²) in [5.74, 6) is 1.92. The van der Waals surface area contributed by atoms with Gasteiger partial charge in [0, 0.05) is 26.2 Å². The normalized spacial score (nSPS) is 14.4. The fourth-order valence-corrected chi connectivity index (χ4v) is 3.65. The molecule has 0 aromatic heterocycles. The van der Waals surface area contributed by atoms with Crippen LogP contribution in [-0.2, 0) is 6.54 Å². The molecule has 1 heterocycles. The van der Waals surface area contributed by atoms with Crippen LogP contribution in [0.25, 0.3) is 0 Å². The number of nitrogens with two attached hydrogens (primary N) is 2. The number of anilines is 1. The second-order valence-corrected chi connectivity index (χ2v) is 7.44. The second-order valence-electron chi connectivity index (χ2n) is 7.44. The monoisotopic (exact) mass is 411 g/mol. The quantitative estimate of drug-likeness (QED) is 0.355. The number of methoxy groups -OCH3 is 1. The summed E-state index contributed by atoms with van der Waals surface area (Å²) in [5.41, 5.74) is 13.0. The molecule has 0 atom stereocenters. The average Bonchev–Trinajstić information content (AvgIpc) is 2.78. The average molecular weight is 412 g/mol. The van der Waals surface area contributed by atoms with Crippen LogP contribution in [0.5, 0.6) is 11.5 Å². The van der Waals surface area contributed by atoms with Gasteiger partial charge in [-0.05, 0) is 49.2 Å². The van der Waals surface area contributed by atoms with E-state index in [1.54, 1.807) is 7.11 Å². The molecule has 1 aliphatic rings. The Balaban J connectivity index is 1.33. The molecule has 0 spiro atoms. The van der Waals surface area contributed by atoms with Gasteiger partial charge in [0.2, 0.25) is 0 Å². The fourth-order valence-electron chi connectivity index (χ4n) is 3.65. The molecule has 0 bridgehead atoms. The highest BCUT2D eigenvalue weighted by molar-refractivity contribution is 5.75. The van der Waals surface area contributed by atoms with Crippen molar-refractivity contribution in [3.05, 3.63) is 54.1 Å². The maximum atomic E-state index is 5.89. The zero-order valence-corrected chi connectivity index (χ0v) is 17.8. The Morgan fingerprint density at radius 1 is 1.00 bits per heavy atom. The first-order valence-electron chi connectivity index (χ1n) is 10.5. The molecule has 1 fully saturated rings. The van der Waals surface area contributed by atoms with Crippen molar-refractivity contribution in [2.75, 3.05) is 51.3 Å².